The van der Waals surface area contributed by atoms with Crippen LogP contribution in [0, 0.1) is 0 Å². The second kappa shape index (κ2) is 78.6. The molecule has 0 aromatic carbocycles. The Balaban J connectivity index is 4.03. The Labute approximate surface area is 610 Å². The van der Waals surface area contributed by atoms with Gasteiger partial charge in [-0.2, -0.15) is 0 Å². The van der Waals surface area contributed by atoms with E-state index in [9.17, 15) is 19.5 Å². The molecule has 564 valence electrons. The lowest BCUT2D eigenvalue weighted by molar-refractivity contribution is -0.870. The maximum atomic E-state index is 13.0. The number of carbonyl (C=O) groups excluding carboxylic acids is 3. The maximum Gasteiger partial charge on any atom is 0.306 e. The third-order valence-electron chi connectivity index (χ3n) is 17.3. The number of unbranched alkanes of at least 4 members (excludes halogenated alkanes) is 33. The van der Waals surface area contributed by atoms with Gasteiger partial charge in [0.1, 0.15) is 13.2 Å². The van der Waals surface area contributed by atoms with Crippen LogP contribution in [-0.4, -0.2) is 82.3 Å². The van der Waals surface area contributed by atoms with E-state index in [0.29, 0.717) is 17.4 Å². The van der Waals surface area contributed by atoms with Crippen molar-refractivity contribution in [3.63, 3.8) is 0 Å². The van der Waals surface area contributed by atoms with Crippen LogP contribution in [0.25, 0.3) is 0 Å². The first kappa shape index (κ1) is 93.9. The number of esters is 2. The van der Waals surface area contributed by atoms with Crippen molar-refractivity contribution in [3.05, 3.63) is 158 Å². The molecule has 2 atom stereocenters. The van der Waals surface area contributed by atoms with Crippen LogP contribution in [0.3, 0.4) is 0 Å². The Hall–Kier alpha value is -5.09. The molecule has 9 nitrogen and oxygen atoms in total. The number of likely N-dealkylation sites (N-methyl/N-ethyl adjacent to an activating group) is 1. The van der Waals surface area contributed by atoms with E-state index in [0.717, 1.165) is 128 Å². The van der Waals surface area contributed by atoms with Crippen LogP contribution < -0.4 is 5.11 Å². The number of hydrogen-bond donors (Lipinski definition) is 0. The third-order valence-corrected chi connectivity index (χ3v) is 17.3. The summed E-state index contributed by atoms with van der Waals surface area (Å²) in [6.45, 7) is 4.54. The minimum absolute atomic E-state index is 0.142. The van der Waals surface area contributed by atoms with E-state index in [1.807, 2.05) is 21.1 Å². The monoisotopic (exact) mass is 1370 g/mol. The molecule has 0 fully saturated rings. The molecule has 0 bridgehead atoms. The van der Waals surface area contributed by atoms with Crippen molar-refractivity contribution in [1.29, 1.82) is 0 Å². The predicted molar refractivity (Wildman–Crippen MR) is 425 cm³/mol. The molecular weight excluding hydrogens is 1220 g/mol. The first-order valence-corrected chi connectivity index (χ1v) is 40.6. The van der Waals surface area contributed by atoms with Gasteiger partial charge in [0.15, 0.2) is 12.4 Å². The highest BCUT2D eigenvalue weighted by Crippen LogP contribution is 2.18. The van der Waals surface area contributed by atoms with Gasteiger partial charge >= 0.3 is 11.9 Å². The van der Waals surface area contributed by atoms with E-state index in [2.05, 4.69) is 172 Å². The molecule has 0 aromatic rings. The third kappa shape index (κ3) is 80.1. The number of nitrogens with zero attached hydrogens (tertiary/aromatic N) is 1. The van der Waals surface area contributed by atoms with E-state index in [1.54, 1.807) is 0 Å². The molecule has 0 amide bonds. The van der Waals surface area contributed by atoms with Crippen LogP contribution in [0.5, 0.6) is 0 Å². The van der Waals surface area contributed by atoms with Gasteiger partial charge in [0.25, 0.3) is 0 Å². The molecule has 9 heteroatoms. The number of hydrogen-bond acceptors (Lipinski definition) is 8. The SMILES string of the molecule is CC/C=C\C/C=C\C/C=C\C/C=C\C/C=C\C/C=C\C/C=C\CCCCCCCCCCCCCC(=O)OC(COC(=O)CCCCCCCCCCCCCCCCCCCCCCCC/C=C\C/C=C\C/C=C\C/C=C\C/C=C\C/C=C\CC)COC(OCC[N+](C)(C)C)C(=O)[O-]. The minimum Gasteiger partial charge on any atom is -0.545 e. The van der Waals surface area contributed by atoms with Crippen molar-refractivity contribution in [2.24, 2.45) is 0 Å². The molecule has 0 aliphatic heterocycles. The first-order valence-electron chi connectivity index (χ1n) is 40.6. The molecule has 0 aliphatic carbocycles. The quantitative estimate of drug-likeness (QED) is 0.0195. The lowest BCUT2D eigenvalue weighted by Gasteiger charge is -2.26. The summed E-state index contributed by atoms with van der Waals surface area (Å²) in [6, 6.07) is 0. The van der Waals surface area contributed by atoms with Crippen LogP contribution >= 0.6 is 0 Å². The van der Waals surface area contributed by atoms with Gasteiger partial charge in [0.05, 0.1) is 40.3 Å². The lowest BCUT2D eigenvalue weighted by atomic mass is 10.0. The fourth-order valence-corrected chi connectivity index (χ4v) is 11.2. The smallest absolute Gasteiger partial charge is 0.306 e. The molecule has 0 saturated carbocycles. The van der Waals surface area contributed by atoms with Gasteiger partial charge in [-0.25, -0.2) is 0 Å². The van der Waals surface area contributed by atoms with Crippen LogP contribution in [0.2, 0.25) is 0 Å². The van der Waals surface area contributed by atoms with Crippen molar-refractivity contribution < 1.29 is 42.9 Å². The number of aliphatic carboxylic acids is 1. The summed E-state index contributed by atoms with van der Waals surface area (Å²) >= 11 is 0. The van der Waals surface area contributed by atoms with Gasteiger partial charge in [-0.15, -0.1) is 0 Å². The predicted octanol–water partition coefficient (Wildman–Crippen LogP) is 25.0. The molecule has 0 radical (unpaired) electrons. The number of allylic oxidation sites excluding steroid dienone is 26. The average molecular weight is 1380 g/mol. The molecule has 0 saturated heterocycles. The number of quaternary nitrogens is 1. The number of rotatable bonds is 74. The van der Waals surface area contributed by atoms with Gasteiger partial charge in [-0.05, 0) is 122 Å². The largest absolute Gasteiger partial charge is 0.545 e. The molecule has 0 heterocycles. The number of carbonyl (C=O) groups is 3. The second-order valence-electron chi connectivity index (χ2n) is 27.9. The summed E-state index contributed by atoms with van der Waals surface area (Å²) < 4.78 is 22.9. The summed E-state index contributed by atoms with van der Waals surface area (Å²) in [7, 11) is 5.94. The van der Waals surface area contributed by atoms with E-state index < -0.39 is 24.3 Å². The fourth-order valence-electron chi connectivity index (χ4n) is 11.2. The van der Waals surface area contributed by atoms with E-state index >= 15 is 0 Å². The van der Waals surface area contributed by atoms with Crippen molar-refractivity contribution in [3.8, 4) is 0 Å². The standard InChI is InChI=1S/C90H151NO8/c1-6-8-10-12-14-16-18-20-22-24-26-28-30-32-34-36-38-40-41-42-43-44-45-46-47-49-50-52-54-56-58-60-62-64-66-68-70-72-74-76-78-80-87(92)97-84-86(85-98-90(89(94)95)96-83-82-91(3,4)5)99-88(93)81-79-77-75-73-71-69-67-65-63-61-59-57-55-53-51-48-39-37-35-33-31-29-27-25-23-21-19-17-15-13-11-9-7-2/h8-11,14-17,20-23,26-29,32-35,38-40,48,53,55,86,90H,6-7,12-13,18-19,24-25,30-31,36-37,41-47,49-52,54,56-85H2,1-5H3/b10-8-,11-9-,16-14-,17-15-,22-20-,23-21-,28-26-,29-27-,34-32-,35-33-,40-38-,48-39-,55-53-. The van der Waals surface area contributed by atoms with Crippen LogP contribution in [0.1, 0.15) is 335 Å². The van der Waals surface area contributed by atoms with Crippen molar-refractivity contribution in [2.45, 2.75) is 347 Å². The Morgan fingerprint density at radius 3 is 0.808 bits per heavy atom. The van der Waals surface area contributed by atoms with Crippen molar-refractivity contribution in [1.82, 2.24) is 0 Å². The number of carboxylic acids is 1. The Morgan fingerprint density at radius 2 is 0.545 bits per heavy atom. The number of carboxylic acid groups (broad SMARTS) is 1. The van der Waals surface area contributed by atoms with Crippen molar-refractivity contribution in [2.75, 3.05) is 47.5 Å². The van der Waals surface area contributed by atoms with Crippen LogP contribution in [0.15, 0.2) is 158 Å². The van der Waals surface area contributed by atoms with Crippen LogP contribution in [-0.2, 0) is 33.3 Å². The molecular formula is C90H151NO8. The molecule has 0 aliphatic rings. The van der Waals surface area contributed by atoms with Gasteiger partial charge < -0.3 is 33.3 Å². The zero-order valence-corrected chi connectivity index (χ0v) is 64.6. The molecule has 2 unspecified atom stereocenters. The van der Waals surface area contributed by atoms with Gasteiger partial charge in [0.2, 0.25) is 0 Å². The summed E-state index contributed by atoms with van der Waals surface area (Å²) in [5.74, 6) is -2.28. The summed E-state index contributed by atoms with van der Waals surface area (Å²) in [5.41, 5.74) is 0. The molecule has 0 spiro atoms. The van der Waals surface area contributed by atoms with Crippen LogP contribution in [0.4, 0.5) is 0 Å². The molecule has 99 heavy (non-hydrogen) atoms. The summed E-state index contributed by atoms with van der Waals surface area (Å²) in [6.07, 6.45) is 114. The molecule has 0 aromatic heterocycles. The fraction of sp³-hybridized carbons (Fsp3) is 0.678. The van der Waals surface area contributed by atoms with Gasteiger partial charge in [-0.1, -0.05) is 358 Å². The first-order chi connectivity index (χ1) is 48.6. The van der Waals surface area contributed by atoms with Crippen molar-refractivity contribution >= 4 is 17.9 Å². The van der Waals surface area contributed by atoms with Gasteiger partial charge in [-0.3, -0.25) is 9.59 Å². The number of ether oxygens (including phenoxy) is 4. The zero-order valence-electron chi connectivity index (χ0n) is 64.6. The van der Waals surface area contributed by atoms with E-state index in [4.69, 9.17) is 18.9 Å². The highest BCUT2D eigenvalue weighted by Gasteiger charge is 2.22. The maximum absolute atomic E-state index is 13.0. The topological polar surface area (TPSA) is 111 Å². The summed E-state index contributed by atoms with van der Waals surface area (Å²) in [5, 5.41) is 11.9. The van der Waals surface area contributed by atoms with E-state index in [1.165, 1.54) is 173 Å². The lowest BCUT2D eigenvalue weighted by Crippen LogP contribution is -2.44. The highest BCUT2D eigenvalue weighted by molar-refractivity contribution is 5.70. The Kier molecular flexibility index (Phi) is 74.6. The normalized spacial score (nSPS) is 13.5. The molecule has 0 N–H and O–H groups in total. The Morgan fingerprint density at radius 1 is 0.303 bits per heavy atom. The Bertz CT molecular complexity index is 2200. The van der Waals surface area contributed by atoms with Gasteiger partial charge in [0, 0.05) is 12.8 Å². The van der Waals surface area contributed by atoms with E-state index in [-0.39, 0.29) is 38.6 Å². The minimum atomic E-state index is -1.63. The highest BCUT2D eigenvalue weighted by atomic mass is 16.7. The average Bonchev–Trinajstić information content (AvgIpc) is 1.57. The zero-order chi connectivity index (χ0) is 71.8. The second-order valence-corrected chi connectivity index (χ2v) is 27.9. The summed E-state index contributed by atoms with van der Waals surface area (Å²) in [4.78, 5) is 37.6. The molecule has 0 rings (SSSR count).